The number of benzene rings is 1. The van der Waals surface area contributed by atoms with E-state index < -0.39 is 0 Å². The molecular weight excluding hydrogens is 210 g/mol. The minimum Gasteiger partial charge on any atom is -0.383 e. The zero-order valence-corrected chi connectivity index (χ0v) is 11.3. The van der Waals surface area contributed by atoms with Gasteiger partial charge in [0.1, 0.15) is 0 Å². The van der Waals surface area contributed by atoms with E-state index in [9.17, 15) is 0 Å². The molecule has 1 aromatic carbocycles. The van der Waals surface area contributed by atoms with Gasteiger partial charge >= 0.3 is 0 Å². The summed E-state index contributed by atoms with van der Waals surface area (Å²) < 4.78 is 4.97. The second kappa shape index (κ2) is 7.25. The number of methoxy groups -OCH3 is 1. The molecular formula is C15H23NO. The molecule has 0 spiro atoms. The molecule has 1 aromatic rings. The first-order valence-electron chi connectivity index (χ1n) is 6.09. The van der Waals surface area contributed by atoms with Crippen molar-refractivity contribution in [1.82, 2.24) is 5.32 Å². The molecule has 17 heavy (non-hydrogen) atoms. The second-order valence-electron chi connectivity index (χ2n) is 4.41. The van der Waals surface area contributed by atoms with E-state index in [4.69, 9.17) is 4.74 Å². The van der Waals surface area contributed by atoms with Crippen molar-refractivity contribution in [3.63, 3.8) is 0 Å². The van der Waals surface area contributed by atoms with E-state index in [0.29, 0.717) is 0 Å². The Balaban J connectivity index is 2.53. The van der Waals surface area contributed by atoms with Crippen LogP contribution in [0.2, 0.25) is 0 Å². The van der Waals surface area contributed by atoms with Crippen LogP contribution in [0.15, 0.2) is 18.2 Å². The average Bonchev–Trinajstić information content (AvgIpc) is 2.26. The molecule has 1 N–H and O–H groups in total. The van der Waals surface area contributed by atoms with Crippen LogP contribution in [0, 0.1) is 20.8 Å². The maximum absolute atomic E-state index is 4.97. The van der Waals surface area contributed by atoms with Crippen molar-refractivity contribution in [1.29, 1.82) is 0 Å². The minimum atomic E-state index is 0.760. The van der Waals surface area contributed by atoms with Crippen LogP contribution >= 0.6 is 0 Å². The summed E-state index contributed by atoms with van der Waals surface area (Å²) in [6, 6.07) is 4.45. The lowest BCUT2D eigenvalue weighted by molar-refractivity contribution is 0.200. The summed E-state index contributed by atoms with van der Waals surface area (Å²) in [5.74, 6) is 0. The van der Waals surface area contributed by atoms with Gasteiger partial charge in [-0.3, -0.25) is 0 Å². The lowest BCUT2D eigenvalue weighted by Gasteiger charge is -2.07. The topological polar surface area (TPSA) is 21.3 Å². The second-order valence-corrected chi connectivity index (χ2v) is 4.41. The molecule has 0 saturated heterocycles. The summed E-state index contributed by atoms with van der Waals surface area (Å²) in [6.07, 6.45) is 4.37. The molecule has 2 nitrogen and oxygen atoms in total. The van der Waals surface area contributed by atoms with Crippen LogP contribution < -0.4 is 5.32 Å². The van der Waals surface area contributed by atoms with Gasteiger partial charge in [0.2, 0.25) is 0 Å². The van der Waals surface area contributed by atoms with E-state index in [1.54, 1.807) is 7.11 Å². The van der Waals surface area contributed by atoms with Crippen LogP contribution in [-0.4, -0.2) is 26.8 Å². The molecule has 0 atom stereocenters. The highest BCUT2D eigenvalue weighted by Gasteiger charge is 1.99. The van der Waals surface area contributed by atoms with E-state index in [-0.39, 0.29) is 0 Å². The van der Waals surface area contributed by atoms with Crippen molar-refractivity contribution < 1.29 is 4.74 Å². The number of rotatable bonds is 6. The standard InChI is InChI=1S/C15H23NO/c1-12-10-13(2)15(14(3)11-12)6-5-7-16-8-9-17-4/h5-6,10-11,16H,7-9H2,1-4H3. The van der Waals surface area contributed by atoms with Gasteiger partial charge in [0.05, 0.1) is 6.61 Å². The van der Waals surface area contributed by atoms with Gasteiger partial charge in [-0.2, -0.15) is 0 Å². The molecule has 0 saturated carbocycles. The monoisotopic (exact) mass is 233 g/mol. The molecule has 0 bridgehead atoms. The van der Waals surface area contributed by atoms with Crippen molar-refractivity contribution in [2.24, 2.45) is 0 Å². The highest BCUT2D eigenvalue weighted by molar-refractivity contribution is 5.58. The molecule has 0 aromatic heterocycles. The number of aryl methyl sites for hydroxylation is 3. The molecule has 0 unspecified atom stereocenters. The third-order valence-corrected chi connectivity index (χ3v) is 2.77. The quantitative estimate of drug-likeness (QED) is 0.763. The van der Waals surface area contributed by atoms with Gasteiger partial charge in [0.25, 0.3) is 0 Å². The Labute approximate surface area is 105 Å². The summed E-state index contributed by atoms with van der Waals surface area (Å²) >= 11 is 0. The van der Waals surface area contributed by atoms with Crippen molar-refractivity contribution in [3.05, 3.63) is 40.5 Å². The fourth-order valence-electron chi connectivity index (χ4n) is 1.99. The Morgan fingerprint density at radius 2 is 1.82 bits per heavy atom. The van der Waals surface area contributed by atoms with Crippen LogP contribution in [0.3, 0.4) is 0 Å². The molecule has 0 aliphatic carbocycles. The van der Waals surface area contributed by atoms with E-state index in [0.717, 1.165) is 19.7 Å². The van der Waals surface area contributed by atoms with Crippen LogP contribution in [0.4, 0.5) is 0 Å². The van der Waals surface area contributed by atoms with Crippen LogP contribution in [0.5, 0.6) is 0 Å². The van der Waals surface area contributed by atoms with Gasteiger partial charge in [-0.25, -0.2) is 0 Å². The summed E-state index contributed by atoms with van der Waals surface area (Å²) in [6.45, 7) is 9.01. The molecule has 0 amide bonds. The largest absolute Gasteiger partial charge is 0.383 e. The molecule has 0 aliphatic rings. The van der Waals surface area contributed by atoms with Gasteiger partial charge in [-0.05, 0) is 37.5 Å². The van der Waals surface area contributed by atoms with Crippen LogP contribution in [0.25, 0.3) is 6.08 Å². The van der Waals surface area contributed by atoms with E-state index in [1.807, 2.05) is 0 Å². The molecule has 2 heteroatoms. The molecule has 94 valence electrons. The number of hydrogen-bond acceptors (Lipinski definition) is 2. The predicted octanol–water partition coefficient (Wildman–Crippen LogP) is 2.86. The van der Waals surface area contributed by atoms with E-state index in [2.05, 4.69) is 50.4 Å². The lowest BCUT2D eigenvalue weighted by Crippen LogP contribution is -2.18. The third kappa shape index (κ3) is 4.72. The number of hydrogen-bond donors (Lipinski definition) is 1. The normalized spacial score (nSPS) is 11.3. The van der Waals surface area contributed by atoms with E-state index >= 15 is 0 Å². The molecule has 1 rings (SSSR count). The number of nitrogens with one attached hydrogen (secondary N) is 1. The fourth-order valence-corrected chi connectivity index (χ4v) is 1.99. The van der Waals surface area contributed by atoms with Gasteiger partial charge < -0.3 is 10.1 Å². The Hall–Kier alpha value is -1.12. The fraction of sp³-hybridized carbons (Fsp3) is 0.467. The highest BCUT2D eigenvalue weighted by Crippen LogP contribution is 2.17. The summed E-state index contributed by atoms with van der Waals surface area (Å²) in [5, 5.41) is 3.30. The van der Waals surface area contributed by atoms with Gasteiger partial charge in [-0.15, -0.1) is 0 Å². The first kappa shape index (κ1) is 13.9. The van der Waals surface area contributed by atoms with Gasteiger partial charge in [0, 0.05) is 20.2 Å². The summed E-state index contributed by atoms with van der Waals surface area (Å²) in [7, 11) is 1.72. The van der Waals surface area contributed by atoms with Crippen LogP contribution in [-0.2, 0) is 4.74 Å². The predicted molar refractivity (Wildman–Crippen MR) is 74.4 cm³/mol. The molecule has 0 fully saturated rings. The number of ether oxygens (including phenoxy) is 1. The highest BCUT2D eigenvalue weighted by atomic mass is 16.5. The van der Waals surface area contributed by atoms with Crippen molar-refractivity contribution >= 4 is 6.08 Å². The smallest absolute Gasteiger partial charge is 0.0587 e. The summed E-state index contributed by atoms with van der Waals surface area (Å²) in [5.41, 5.74) is 5.35. The maximum Gasteiger partial charge on any atom is 0.0587 e. The first-order chi connectivity index (χ1) is 8.15. The minimum absolute atomic E-state index is 0.760. The Morgan fingerprint density at radius 1 is 1.18 bits per heavy atom. The molecule has 0 heterocycles. The van der Waals surface area contributed by atoms with Gasteiger partial charge in [0.15, 0.2) is 0 Å². The van der Waals surface area contributed by atoms with Crippen molar-refractivity contribution in [2.45, 2.75) is 20.8 Å². The van der Waals surface area contributed by atoms with Crippen molar-refractivity contribution in [3.8, 4) is 0 Å². The third-order valence-electron chi connectivity index (χ3n) is 2.77. The average molecular weight is 233 g/mol. The SMILES string of the molecule is COCCNCC=Cc1c(C)cc(C)cc1C. The Morgan fingerprint density at radius 3 is 2.41 bits per heavy atom. The molecule has 0 aliphatic heterocycles. The first-order valence-corrected chi connectivity index (χ1v) is 6.09. The van der Waals surface area contributed by atoms with Gasteiger partial charge in [-0.1, -0.05) is 29.8 Å². The van der Waals surface area contributed by atoms with E-state index in [1.165, 1.54) is 22.3 Å². The molecule has 0 radical (unpaired) electrons. The Bertz CT molecular complexity index is 360. The van der Waals surface area contributed by atoms with Crippen LogP contribution in [0.1, 0.15) is 22.3 Å². The van der Waals surface area contributed by atoms with Crippen molar-refractivity contribution in [2.75, 3.05) is 26.8 Å². The summed E-state index contributed by atoms with van der Waals surface area (Å²) in [4.78, 5) is 0. The maximum atomic E-state index is 4.97. The lowest BCUT2D eigenvalue weighted by atomic mass is 9.99. The zero-order valence-electron chi connectivity index (χ0n) is 11.3. The Kier molecular flexibility index (Phi) is 5.95. The zero-order chi connectivity index (χ0) is 12.7.